The third-order valence-electron chi connectivity index (χ3n) is 3.71. The van der Waals surface area contributed by atoms with Gasteiger partial charge in [-0.3, -0.25) is 4.90 Å². The number of nitrogens with zero attached hydrogens (tertiary/aromatic N) is 2. The maximum Gasteiger partial charge on any atom is 0.151 e. The molecule has 0 bridgehead atoms. The molecule has 4 nitrogen and oxygen atoms in total. The second-order valence-electron chi connectivity index (χ2n) is 5.17. The first-order valence-electron chi connectivity index (χ1n) is 6.78. The van der Waals surface area contributed by atoms with E-state index in [9.17, 15) is 0 Å². The highest BCUT2D eigenvalue weighted by Crippen LogP contribution is 2.22. The van der Waals surface area contributed by atoms with E-state index in [-0.39, 0.29) is 0 Å². The van der Waals surface area contributed by atoms with E-state index in [0.29, 0.717) is 5.92 Å². The van der Waals surface area contributed by atoms with Gasteiger partial charge in [0.25, 0.3) is 0 Å². The van der Waals surface area contributed by atoms with Gasteiger partial charge in [0.05, 0.1) is 6.54 Å². The molecular formula is C15H19N3O. The molecule has 0 saturated carbocycles. The summed E-state index contributed by atoms with van der Waals surface area (Å²) in [4.78, 5) is 2.38. The lowest BCUT2D eigenvalue weighted by Crippen LogP contribution is -2.22. The summed E-state index contributed by atoms with van der Waals surface area (Å²) >= 11 is 0. The van der Waals surface area contributed by atoms with E-state index in [1.807, 2.05) is 36.4 Å². The topological polar surface area (TPSA) is 55.3 Å². The summed E-state index contributed by atoms with van der Waals surface area (Å²) in [6.07, 6.45) is 1.19. The molecule has 1 fully saturated rings. The van der Waals surface area contributed by atoms with Crippen LogP contribution in [0.4, 0.5) is 0 Å². The Bertz CT molecular complexity index is 523. The molecular weight excluding hydrogens is 238 g/mol. The Morgan fingerprint density at radius 2 is 2.16 bits per heavy atom. The fourth-order valence-corrected chi connectivity index (χ4v) is 2.60. The lowest BCUT2D eigenvalue weighted by molar-refractivity contribution is 0.267. The maximum atomic E-state index is 5.71. The third kappa shape index (κ3) is 2.85. The van der Waals surface area contributed by atoms with Crippen molar-refractivity contribution in [2.45, 2.75) is 13.0 Å². The number of hydrogen-bond donors (Lipinski definition) is 1. The van der Waals surface area contributed by atoms with Crippen LogP contribution >= 0.6 is 0 Å². The van der Waals surface area contributed by atoms with Crippen LogP contribution in [-0.2, 0) is 6.54 Å². The Kier molecular flexibility index (Phi) is 3.62. The summed E-state index contributed by atoms with van der Waals surface area (Å²) in [5, 5.41) is 4.14. The smallest absolute Gasteiger partial charge is 0.151 e. The van der Waals surface area contributed by atoms with Crippen molar-refractivity contribution in [1.82, 2.24) is 10.1 Å². The zero-order valence-electron chi connectivity index (χ0n) is 11.0. The van der Waals surface area contributed by atoms with Gasteiger partial charge in [-0.25, -0.2) is 0 Å². The molecule has 3 rings (SSSR count). The minimum atomic E-state index is 0.636. The van der Waals surface area contributed by atoms with E-state index in [1.54, 1.807) is 0 Å². The highest BCUT2D eigenvalue weighted by molar-refractivity contribution is 5.58. The van der Waals surface area contributed by atoms with Gasteiger partial charge in [-0.05, 0) is 25.4 Å². The van der Waals surface area contributed by atoms with E-state index < -0.39 is 0 Å². The van der Waals surface area contributed by atoms with Crippen LogP contribution in [0.15, 0.2) is 40.9 Å². The predicted molar refractivity (Wildman–Crippen MR) is 74.4 cm³/mol. The lowest BCUT2D eigenvalue weighted by Gasteiger charge is -2.12. The Morgan fingerprint density at radius 1 is 1.32 bits per heavy atom. The average Bonchev–Trinajstić information content (AvgIpc) is 3.09. The number of hydrogen-bond acceptors (Lipinski definition) is 4. The highest BCUT2D eigenvalue weighted by atomic mass is 16.5. The van der Waals surface area contributed by atoms with E-state index >= 15 is 0 Å². The summed E-state index contributed by atoms with van der Waals surface area (Å²) in [5.41, 5.74) is 7.71. The summed E-state index contributed by atoms with van der Waals surface area (Å²) in [5.74, 6) is 1.56. The lowest BCUT2D eigenvalue weighted by atomic mass is 10.1. The molecule has 0 aliphatic carbocycles. The van der Waals surface area contributed by atoms with Crippen LogP contribution in [0.2, 0.25) is 0 Å². The molecule has 0 amide bonds. The van der Waals surface area contributed by atoms with E-state index in [1.165, 1.54) is 6.42 Å². The number of likely N-dealkylation sites (tertiary alicyclic amines) is 1. The molecule has 0 spiro atoms. The average molecular weight is 257 g/mol. The molecule has 4 heteroatoms. The van der Waals surface area contributed by atoms with Gasteiger partial charge in [-0.15, -0.1) is 0 Å². The van der Waals surface area contributed by atoms with Crippen molar-refractivity contribution < 1.29 is 4.52 Å². The minimum absolute atomic E-state index is 0.636. The van der Waals surface area contributed by atoms with Gasteiger partial charge < -0.3 is 10.3 Å². The van der Waals surface area contributed by atoms with Crippen molar-refractivity contribution >= 4 is 0 Å². The molecule has 100 valence electrons. The Morgan fingerprint density at radius 3 is 2.89 bits per heavy atom. The van der Waals surface area contributed by atoms with Crippen LogP contribution in [0.5, 0.6) is 0 Å². The number of benzene rings is 1. The van der Waals surface area contributed by atoms with Gasteiger partial charge in [-0.1, -0.05) is 35.5 Å². The van der Waals surface area contributed by atoms with Gasteiger partial charge in [-0.2, -0.15) is 0 Å². The number of aromatic nitrogens is 1. The molecule has 1 aromatic carbocycles. The molecule has 1 aromatic heterocycles. The Hall–Kier alpha value is -1.65. The minimum Gasteiger partial charge on any atom is -0.359 e. The molecule has 2 N–H and O–H groups in total. The van der Waals surface area contributed by atoms with E-state index in [0.717, 1.165) is 43.2 Å². The SMILES string of the molecule is NCC1CCN(Cc2cc(-c3ccccc3)no2)C1. The van der Waals surface area contributed by atoms with Crippen molar-refractivity contribution in [2.24, 2.45) is 11.7 Å². The molecule has 0 radical (unpaired) electrons. The third-order valence-corrected chi connectivity index (χ3v) is 3.71. The summed E-state index contributed by atoms with van der Waals surface area (Å²) in [6.45, 7) is 3.78. The zero-order chi connectivity index (χ0) is 13.1. The summed E-state index contributed by atoms with van der Waals surface area (Å²) < 4.78 is 5.43. The van der Waals surface area contributed by atoms with Crippen LogP contribution in [-0.4, -0.2) is 29.7 Å². The second kappa shape index (κ2) is 5.55. The quantitative estimate of drug-likeness (QED) is 0.911. The predicted octanol–water partition coefficient (Wildman–Crippen LogP) is 2.12. The van der Waals surface area contributed by atoms with Gasteiger partial charge in [0.2, 0.25) is 0 Å². The summed E-state index contributed by atoms with van der Waals surface area (Å²) in [6, 6.07) is 12.1. The van der Waals surface area contributed by atoms with Crippen LogP contribution < -0.4 is 5.73 Å². The first-order valence-corrected chi connectivity index (χ1v) is 6.78. The van der Waals surface area contributed by atoms with Gasteiger partial charge in [0.1, 0.15) is 5.69 Å². The van der Waals surface area contributed by atoms with Crippen molar-refractivity contribution in [2.75, 3.05) is 19.6 Å². The fraction of sp³-hybridized carbons (Fsp3) is 0.400. The van der Waals surface area contributed by atoms with E-state index in [2.05, 4.69) is 10.1 Å². The van der Waals surface area contributed by atoms with Crippen molar-refractivity contribution in [3.63, 3.8) is 0 Å². The Labute approximate surface area is 113 Å². The monoisotopic (exact) mass is 257 g/mol. The zero-order valence-corrected chi connectivity index (χ0v) is 11.0. The molecule has 2 heterocycles. The van der Waals surface area contributed by atoms with Crippen molar-refractivity contribution in [3.05, 3.63) is 42.2 Å². The van der Waals surface area contributed by atoms with Gasteiger partial charge in [0, 0.05) is 18.2 Å². The normalized spacial score (nSPS) is 19.9. The van der Waals surface area contributed by atoms with Crippen LogP contribution in [0, 0.1) is 5.92 Å². The van der Waals surface area contributed by atoms with Crippen molar-refractivity contribution in [1.29, 1.82) is 0 Å². The Balaban J connectivity index is 1.66. The molecule has 2 aromatic rings. The van der Waals surface area contributed by atoms with Crippen LogP contribution in [0.1, 0.15) is 12.2 Å². The second-order valence-corrected chi connectivity index (χ2v) is 5.17. The molecule has 1 aliphatic rings. The molecule has 1 aliphatic heterocycles. The van der Waals surface area contributed by atoms with Crippen LogP contribution in [0.25, 0.3) is 11.3 Å². The first-order chi connectivity index (χ1) is 9.35. The highest BCUT2D eigenvalue weighted by Gasteiger charge is 2.22. The number of nitrogens with two attached hydrogens (primary N) is 1. The largest absolute Gasteiger partial charge is 0.359 e. The summed E-state index contributed by atoms with van der Waals surface area (Å²) in [7, 11) is 0. The standard InChI is InChI=1S/C15H19N3O/c16-9-12-6-7-18(10-12)11-14-8-15(17-19-14)13-4-2-1-3-5-13/h1-5,8,12H,6-7,9-11,16H2. The molecule has 19 heavy (non-hydrogen) atoms. The maximum absolute atomic E-state index is 5.71. The first kappa shape index (κ1) is 12.4. The molecule has 1 saturated heterocycles. The molecule has 1 atom stereocenters. The van der Waals surface area contributed by atoms with Gasteiger partial charge in [0.15, 0.2) is 5.76 Å². The fourth-order valence-electron chi connectivity index (χ4n) is 2.60. The van der Waals surface area contributed by atoms with Crippen LogP contribution in [0.3, 0.4) is 0 Å². The van der Waals surface area contributed by atoms with Gasteiger partial charge >= 0.3 is 0 Å². The van der Waals surface area contributed by atoms with Crippen molar-refractivity contribution in [3.8, 4) is 11.3 Å². The number of rotatable bonds is 4. The molecule has 1 unspecified atom stereocenters. The van der Waals surface area contributed by atoms with E-state index in [4.69, 9.17) is 10.3 Å².